The van der Waals surface area contributed by atoms with Crippen molar-refractivity contribution in [3.8, 4) is 17.2 Å². The number of aromatic nitrogens is 7. The van der Waals surface area contributed by atoms with Gasteiger partial charge in [-0.15, -0.1) is 5.10 Å². The molecule has 12 heteroatoms. The zero-order chi connectivity index (χ0) is 23.9. The molecule has 12 nitrogen and oxygen atoms in total. The summed E-state index contributed by atoms with van der Waals surface area (Å²) in [5, 5.41) is 39.2. The van der Waals surface area contributed by atoms with Crippen molar-refractivity contribution < 1.29 is 20.1 Å². The van der Waals surface area contributed by atoms with Crippen LogP contribution in [0.3, 0.4) is 0 Å². The molecule has 0 amide bonds. The SMILES string of the molecule is O[C@H]1[C@H](O)[C@@H](n2cnc3c(N4CCCCC4)nc(-n4cc(-c5ccccc5)nn4)nc32)OC[C@H]1O. The zero-order valence-corrected chi connectivity index (χ0v) is 18.9. The molecule has 0 bridgehead atoms. The highest BCUT2D eigenvalue weighted by atomic mass is 16.5. The third kappa shape index (κ3) is 3.93. The van der Waals surface area contributed by atoms with Crippen molar-refractivity contribution >= 4 is 17.0 Å². The van der Waals surface area contributed by atoms with Gasteiger partial charge in [-0.25, -0.2) is 4.98 Å². The van der Waals surface area contributed by atoms with Crippen LogP contribution in [-0.4, -0.2) is 87.8 Å². The molecule has 6 rings (SSSR count). The lowest BCUT2D eigenvalue weighted by atomic mass is 10.0. The molecule has 4 aromatic rings. The molecule has 0 radical (unpaired) electrons. The molecule has 182 valence electrons. The maximum absolute atomic E-state index is 10.6. The molecule has 35 heavy (non-hydrogen) atoms. The molecule has 2 aliphatic rings. The van der Waals surface area contributed by atoms with Gasteiger partial charge in [0.05, 0.1) is 19.1 Å². The van der Waals surface area contributed by atoms with Crippen molar-refractivity contribution in [2.24, 2.45) is 0 Å². The molecule has 4 atom stereocenters. The Hall–Kier alpha value is -3.45. The van der Waals surface area contributed by atoms with Gasteiger partial charge in [-0.2, -0.15) is 14.6 Å². The highest BCUT2D eigenvalue weighted by Crippen LogP contribution is 2.31. The Morgan fingerprint density at radius 3 is 2.54 bits per heavy atom. The Morgan fingerprint density at radius 1 is 0.943 bits per heavy atom. The molecule has 0 unspecified atom stereocenters. The van der Waals surface area contributed by atoms with Gasteiger partial charge in [0.2, 0.25) is 0 Å². The van der Waals surface area contributed by atoms with Gasteiger partial charge >= 0.3 is 0 Å². The first-order chi connectivity index (χ1) is 17.1. The molecule has 2 fully saturated rings. The van der Waals surface area contributed by atoms with Crippen LogP contribution in [0.1, 0.15) is 25.5 Å². The van der Waals surface area contributed by atoms with Crippen molar-refractivity contribution in [1.29, 1.82) is 0 Å². The molecule has 3 aromatic heterocycles. The van der Waals surface area contributed by atoms with E-state index in [1.807, 2.05) is 30.3 Å². The Morgan fingerprint density at radius 2 is 1.74 bits per heavy atom. The van der Waals surface area contributed by atoms with Crippen LogP contribution in [0, 0.1) is 0 Å². The van der Waals surface area contributed by atoms with Gasteiger partial charge in [0.1, 0.15) is 24.0 Å². The lowest BCUT2D eigenvalue weighted by Gasteiger charge is -2.35. The van der Waals surface area contributed by atoms with Crippen LogP contribution in [0.2, 0.25) is 0 Å². The highest BCUT2D eigenvalue weighted by Gasteiger charge is 2.39. The van der Waals surface area contributed by atoms with E-state index >= 15 is 0 Å². The smallest absolute Gasteiger partial charge is 0.256 e. The molecule has 2 aliphatic heterocycles. The number of hydrogen-bond donors (Lipinski definition) is 3. The number of imidazole rings is 1. The summed E-state index contributed by atoms with van der Waals surface area (Å²) in [6.07, 6.45) is 1.71. The van der Waals surface area contributed by atoms with E-state index in [9.17, 15) is 15.3 Å². The molecular weight excluding hydrogens is 452 g/mol. The maximum Gasteiger partial charge on any atom is 0.256 e. The first-order valence-corrected chi connectivity index (χ1v) is 11.7. The number of aliphatic hydroxyl groups is 3. The van der Waals surface area contributed by atoms with Gasteiger partial charge in [-0.05, 0) is 19.3 Å². The Bertz CT molecular complexity index is 1320. The highest BCUT2D eigenvalue weighted by molar-refractivity contribution is 5.84. The molecule has 0 saturated carbocycles. The van der Waals surface area contributed by atoms with Gasteiger partial charge in [0, 0.05) is 18.7 Å². The third-order valence-corrected chi connectivity index (χ3v) is 6.56. The number of fused-ring (bicyclic) bond motifs is 1. The molecule has 5 heterocycles. The summed E-state index contributed by atoms with van der Waals surface area (Å²) in [6, 6.07) is 9.71. The first kappa shape index (κ1) is 22.0. The van der Waals surface area contributed by atoms with Gasteiger partial charge in [0.25, 0.3) is 5.95 Å². The number of anilines is 1. The number of piperidine rings is 1. The van der Waals surface area contributed by atoms with Gasteiger partial charge < -0.3 is 25.0 Å². The summed E-state index contributed by atoms with van der Waals surface area (Å²) in [4.78, 5) is 16.3. The second-order valence-corrected chi connectivity index (χ2v) is 8.91. The largest absolute Gasteiger partial charge is 0.388 e. The Balaban J connectivity index is 1.46. The summed E-state index contributed by atoms with van der Waals surface area (Å²) in [5.41, 5.74) is 2.60. The predicted octanol–water partition coefficient (Wildman–Crippen LogP) is 0.676. The number of hydrogen-bond acceptors (Lipinski definition) is 10. The summed E-state index contributed by atoms with van der Waals surface area (Å²) < 4.78 is 8.76. The van der Waals surface area contributed by atoms with Crippen LogP contribution in [0.15, 0.2) is 42.9 Å². The standard InChI is InChI=1S/C23H26N8O4/c32-16-12-35-22(19(34)18(16)33)30-13-24-17-20(29-9-5-2-6-10-29)25-23(26-21(17)30)31-11-15(27-28-31)14-7-3-1-4-8-14/h1,3-4,7-8,11,13,16,18-19,22,32-34H,2,5-6,9-10,12H2/t16-,18-,19+,22+/m1/s1. The predicted molar refractivity (Wildman–Crippen MR) is 125 cm³/mol. The number of benzene rings is 1. The monoisotopic (exact) mass is 478 g/mol. The van der Waals surface area contributed by atoms with Gasteiger partial charge in [-0.1, -0.05) is 35.5 Å². The van der Waals surface area contributed by atoms with E-state index < -0.39 is 24.5 Å². The number of aliphatic hydroxyl groups excluding tert-OH is 3. The minimum absolute atomic E-state index is 0.122. The maximum atomic E-state index is 10.6. The van der Waals surface area contributed by atoms with Crippen LogP contribution < -0.4 is 4.90 Å². The molecule has 1 aromatic carbocycles. The number of nitrogens with zero attached hydrogens (tertiary/aromatic N) is 8. The van der Waals surface area contributed by atoms with E-state index in [-0.39, 0.29) is 6.61 Å². The van der Waals surface area contributed by atoms with Crippen molar-refractivity contribution in [2.75, 3.05) is 24.6 Å². The van der Waals surface area contributed by atoms with E-state index in [0.29, 0.717) is 28.6 Å². The third-order valence-electron chi connectivity index (χ3n) is 6.56. The van der Waals surface area contributed by atoms with Crippen molar-refractivity contribution in [3.05, 3.63) is 42.9 Å². The quantitative estimate of drug-likeness (QED) is 0.382. The molecule has 3 N–H and O–H groups in total. The minimum Gasteiger partial charge on any atom is -0.388 e. The van der Waals surface area contributed by atoms with Crippen LogP contribution in [0.4, 0.5) is 5.82 Å². The second-order valence-electron chi connectivity index (χ2n) is 8.91. The fourth-order valence-corrected chi connectivity index (χ4v) is 4.64. The Kier molecular flexibility index (Phi) is 5.65. The number of ether oxygens (including phenoxy) is 1. The van der Waals surface area contributed by atoms with E-state index in [2.05, 4.69) is 20.2 Å². The van der Waals surface area contributed by atoms with Crippen LogP contribution in [0.25, 0.3) is 28.4 Å². The average Bonchev–Trinajstić information content (AvgIpc) is 3.56. The molecule has 0 aliphatic carbocycles. The fraction of sp³-hybridized carbons (Fsp3) is 0.435. The van der Waals surface area contributed by atoms with E-state index in [1.165, 1.54) is 11.0 Å². The van der Waals surface area contributed by atoms with Crippen LogP contribution in [-0.2, 0) is 4.74 Å². The Labute approximate surface area is 200 Å². The topological polar surface area (TPSA) is 147 Å². The van der Waals surface area contributed by atoms with E-state index in [4.69, 9.17) is 14.7 Å². The summed E-state index contributed by atoms with van der Waals surface area (Å²) in [6.45, 7) is 1.57. The van der Waals surface area contributed by atoms with Crippen molar-refractivity contribution in [3.63, 3.8) is 0 Å². The van der Waals surface area contributed by atoms with Crippen molar-refractivity contribution in [1.82, 2.24) is 34.5 Å². The fourth-order valence-electron chi connectivity index (χ4n) is 4.64. The molecule has 0 spiro atoms. The minimum atomic E-state index is -1.36. The van der Waals surface area contributed by atoms with Crippen LogP contribution >= 0.6 is 0 Å². The summed E-state index contributed by atoms with van der Waals surface area (Å²) in [7, 11) is 0. The second kappa shape index (κ2) is 8.96. The van der Waals surface area contributed by atoms with Gasteiger partial charge in [0.15, 0.2) is 23.2 Å². The molecular formula is C23H26N8O4. The lowest BCUT2D eigenvalue weighted by Crippen LogP contribution is -2.50. The number of rotatable bonds is 4. The van der Waals surface area contributed by atoms with E-state index in [1.54, 1.807) is 10.8 Å². The zero-order valence-electron chi connectivity index (χ0n) is 18.9. The lowest BCUT2D eigenvalue weighted by molar-refractivity contribution is -0.210. The van der Waals surface area contributed by atoms with Crippen LogP contribution in [0.5, 0.6) is 0 Å². The molecule has 2 saturated heterocycles. The van der Waals surface area contributed by atoms with E-state index in [0.717, 1.165) is 37.9 Å². The summed E-state index contributed by atoms with van der Waals surface area (Å²) in [5.74, 6) is 0.978. The first-order valence-electron chi connectivity index (χ1n) is 11.7. The normalized spacial score (nSPS) is 25.3. The van der Waals surface area contributed by atoms with Gasteiger partial charge in [-0.3, -0.25) is 4.57 Å². The van der Waals surface area contributed by atoms with Crippen molar-refractivity contribution in [2.45, 2.75) is 43.8 Å². The summed E-state index contributed by atoms with van der Waals surface area (Å²) >= 11 is 0. The average molecular weight is 479 g/mol.